The van der Waals surface area contributed by atoms with Crippen molar-refractivity contribution in [1.29, 1.82) is 0 Å². The van der Waals surface area contributed by atoms with Gasteiger partial charge in [-0.25, -0.2) is 0 Å². The van der Waals surface area contributed by atoms with Crippen molar-refractivity contribution in [3.05, 3.63) is 23.9 Å². The number of amides is 1. The third-order valence-electron chi connectivity index (χ3n) is 1.77. The molecule has 0 atom stereocenters. The molecule has 0 saturated carbocycles. The first-order chi connectivity index (χ1) is 6.63. The number of nitrogens with one attached hydrogen (secondary N) is 1. The molecule has 1 aromatic rings. The molecule has 1 amide bonds. The number of carbonyl (C=O) groups is 1. The third kappa shape index (κ3) is 2.70. The maximum absolute atomic E-state index is 11.2. The standard InChI is InChI=1S/C9H14N4O/c1-7-6-8(12-13(7)2)11-9(14)4-3-5-10/h3-4,6H,5,10H2,1-2H3,(H,11,12,14)/b4-3+. The van der Waals surface area contributed by atoms with Crippen LogP contribution in [0.3, 0.4) is 0 Å². The molecule has 5 heteroatoms. The van der Waals surface area contributed by atoms with Crippen LogP contribution in [0, 0.1) is 6.92 Å². The zero-order valence-electron chi connectivity index (χ0n) is 8.32. The summed E-state index contributed by atoms with van der Waals surface area (Å²) < 4.78 is 1.70. The number of rotatable bonds is 3. The summed E-state index contributed by atoms with van der Waals surface area (Å²) in [6.07, 6.45) is 2.98. The van der Waals surface area contributed by atoms with Crippen LogP contribution in [0.1, 0.15) is 5.69 Å². The molecule has 0 aliphatic rings. The van der Waals surface area contributed by atoms with Crippen molar-refractivity contribution in [3.63, 3.8) is 0 Å². The van der Waals surface area contributed by atoms with E-state index in [0.29, 0.717) is 12.4 Å². The summed E-state index contributed by atoms with van der Waals surface area (Å²) in [6.45, 7) is 2.27. The predicted octanol–water partition coefficient (Wildman–Crippen LogP) is 0.182. The maximum Gasteiger partial charge on any atom is 0.249 e. The van der Waals surface area contributed by atoms with Crippen LogP contribution in [0.2, 0.25) is 0 Å². The van der Waals surface area contributed by atoms with Crippen molar-refractivity contribution < 1.29 is 4.79 Å². The van der Waals surface area contributed by atoms with Crippen LogP contribution >= 0.6 is 0 Å². The summed E-state index contributed by atoms with van der Waals surface area (Å²) in [5.41, 5.74) is 6.20. The second kappa shape index (κ2) is 4.57. The summed E-state index contributed by atoms with van der Waals surface area (Å²) >= 11 is 0. The van der Waals surface area contributed by atoms with E-state index in [-0.39, 0.29) is 5.91 Å². The molecule has 0 bridgehead atoms. The van der Waals surface area contributed by atoms with Crippen LogP contribution in [-0.4, -0.2) is 22.2 Å². The fourth-order valence-corrected chi connectivity index (χ4v) is 0.965. The number of nitrogens with two attached hydrogens (primary N) is 1. The van der Waals surface area contributed by atoms with Crippen molar-refractivity contribution >= 4 is 11.7 Å². The Labute approximate surface area is 82.6 Å². The van der Waals surface area contributed by atoms with Gasteiger partial charge < -0.3 is 11.1 Å². The average molecular weight is 194 g/mol. The Morgan fingerprint density at radius 3 is 3.00 bits per heavy atom. The quantitative estimate of drug-likeness (QED) is 0.674. The van der Waals surface area contributed by atoms with Crippen molar-refractivity contribution in [2.24, 2.45) is 12.8 Å². The normalized spacial score (nSPS) is 10.8. The minimum Gasteiger partial charge on any atom is -0.327 e. The monoisotopic (exact) mass is 194 g/mol. The highest BCUT2D eigenvalue weighted by Gasteiger charge is 2.02. The second-order valence-electron chi connectivity index (χ2n) is 2.92. The van der Waals surface area contributed by atoms with E-state index < -0.39 is 0 Å². The van der Waals surface area contributed by atoms with Gasteiger partial charge in [0.25, 0.3) is 0 Å². The Morgan fingerprint density at radius 1 is 1.79 bits per heavy atom. The molecule has 76 valence electrons. The molecule has 0 aliphatic carbocycles. The van der Waals surface area contributed by atoms with E-state index in [9.17, 15) is 4.79 Å². The number of aryl methyl sites for hydroxylation is 2. The zero-order chi connectivity index (χ0) is 10.6. The topological polar surface area (TPSA) is 72.9 Å². The number of aromatic nitrogens is 2. The minimum atomic E-state index is -0.214. The van der Waals surface area contributed by atoms with Gasteiger partial charge in [-0.3, -0.25) is 9.48 Å². The molecular weight excluding hydrogens is 180 g/mol. The van der Waals surface area contributed by atoms with Crippen molar-refractivity contribution in [2.45, 2.75) is 6.92 Å². The fraction of sp³-hybridized carbons (Fsp3) is 0.333. The third-order valence-corrected chi connectivity index (χ3v) is 1.77. The Bertz CT molecular complexity index is 334. The lowest BCUT2D eigenvalue weighted by Gasteiger charge is -1.94. The predicted molar refractivity (Wildman–Crippen MR) is 54.8 cm³/mol. The summed E-state index contributed by atoms with van der Waals surface area (Å²) in [7, 11) is 1.82. The Morgan fingerprint density at radius 2 is 2.50 bits per heavy atom. The molecule has 1 rings (SSSR count). The molecule has 0 radical (unpaired) electrons. The lowest BCUT2D eigenvalue weighted by Crippen LogP contribution is -2.09. The number of anilines is 1. The van der Waals surface area contributed by atoms with Gasteiger partial charge >= 0.3 is 0 Å². The molecule has 14 heavy (non-hydrogen) atoms. The van der Waals surface area contributed by atoms with E-state index in [2.05, 4.69) is 10.4 Å². The first-order valence-corrected chi connectivity index (χ1v) is 4.31. The smallest absolute Gasteiger partial charge is 0.249 e. The van der Waals surface area contributed by atoms with Crippen LogP contribution in [0.15, 0.2) is 18.2 Å². The molecule has 0 aliphatic heterocycles. The summed E-state index contributed by atoms with van der Waals surface area (Å²) in [5, 5.41) is 6.70. The van der Waals surface area contributed by atoms with E-state index in [4.69, 9.17) is 5.73 Å². The highest BCUT2D eigenvalue weighted by molar-refractivity contribution is 5.98. The number of hydrogen-bond acceptors (Lipinski definition) is 3. The molecule has 0 unspecified atom stereocenters. The molecule has 3 N–H and O–H groups in total. The minimum absolute atomic E-state index is 0.214. The van der Waals surface area contributed by atoms with Gasteiger partial charge in [0.15, 0.2) is 5.82 Å². The van der Waals surface area contributed by atoms with Gasteiger partial charge in [0.2, 0.25) is 5.91 Å². The van der Waals surface area contributed by atoms with Gasteiger partial charge in [0.1, 0.15) is 0 Å². The molecular formula is C9H14N4O. The van der Waals surface area contributed by atoms with Crippen LogP contribution in [-0.2, 0) is 11.8 Å². The fourth-order valence-electron chi connectivity index (χ4n) is 0.965. The number of nitrogens with zero attached hydrogens (tertiary/aromatic N) is 2. The first kappa shape index (κ1) is 10.5. The van der Waals surface area contributed by atoms with Crippen molar-refractivity contribution in [1.82, 2.24) is 9.78 Å². The van der Waals surface area contributed by atoms with E-state index >= 15 is 0 Å². The van der Waals surface area contributed by atoms with Crippen LogP contribution in [0.25, 0.3) is 0 Å². The average Bonchev–Trinajstić information content (AvgIpc) is 2.42. The molecule has 1 heterocycles. The summed E-state index contributed by atoms with van der Waals surface area (Å²) in [6, 6.07) is 1.80. The molecule has 0 saturated heterocycles. The van der Waals surface area contributed by atoms with Gasteiger partial charge in [-0.05, 0) is 6.92 Å². The van der Waals surface area contributed by atoms with Gasteiger partial charge in [-0.15, -0.1) is 0 Å². The van der Waals surface area contributed by atoms with E-state index in [1.165, 1.54) is 6.08 Å². The van der Waals surface area contributed by atoms with Crippen LogP contribution in [0.5, 0.6) is 0 Å². The summed E-state index contributed by atoms with van der Waals surface area (Å²) in [5.74, 6) is 0.338. The second-order valence-corrected chi connectivity index (χ2v) is 2.92. The van der Waals surface area contributed by atoms with Gasteiger partial charge in [-0.2, -0.15) is 5.10 Å². The molecule has 1 aromatic heterocycles. The van der Waals surface area contributed by atoms with Crippen molar-refractivity contribution in [3.8, 4) is 0 Å². The van der Waals surface area contributed by atoms with Gasteiger partial charge in [0, 0.05) is 31.4 Å². The van der Waals surface area contributed by atoms with Gasteiger partial charge in [-0.1, -0.05) is 6.08 Å². The SMILES string of the molecule is Cc1cc(NC(=O)/C=C/CN)nn1C. The Hall–Kier alpha value is -1.62. The van der Waals surface area contributed by atoms with Crippen molar-refractivity contribution in [2.75, 3.05) is 11.9 Å². The Kier molecular flexibility index (Phi) is 3.41. The van der Waals surface area contributed by atoms with E-state index in [1.807, 2.05) is 14.0 Å². The van der Waals surface area contributed by atoms with E-state index in [0.717, 1.165) is 5.69 Å². The first-order valence-electron chi connectivity index (χ1n) is 4.31. The number of carbonyl (C=O) groups excluding carboxylic acids is 1. The highest BCUT2D eigenvalue weighted by Crippen LogP contribution is 2.06. The molecule has 5 nitrogen and oxygen atoms in total. The highest BCUT2D eigenvalue weighted by atomic mass is 16.1. The zero-order valence-corrected chi connectivity index (χ0v) is 8.32. The number of hydrogen-bond donors (Lipinski definition) is 2. The lowest BCUT2D eigenvalue weighted by atomic mass is 10.4. The lowest BCUT2D eigenvalue weighted by molar-refractivity contribution is -0.111. The van der Waals surface area contributed by atoms with E-state index in [1.54, 1.807) is 16.8 Å². The molecule has 0 spiro atoms. The molecule has 0 fully saturated rings. The summed E-state index contributed by atoms with van der Waals surface area (Å²) in [4.78, 5) is 11.2. The largest absolute Gasteiger partial charge is 0.327 e. The van der Waals surface area contributed by atoms with Crippen LogP contribution in [0.4, 0.5) is 5.82 Å². The molecule has 0 aromatic carbocycles. The van der Waals surface area contributed by atoms with Gasteiger partial charge in [0.05, 0.1) is 0 Å². The van der Waals surface area contributed by atoms with Crippen LogP contribution < -0.4 is 11.1 Å². The maximum atomic E-state index is 11.2. The Balaban J connectivity index is 2.60.